The summed E-state index contributed by atoms with van der Waals surface area (Å²) in [6.07, 6.45) is 11.5. The van der Waals surface area contributed by atoms with Crippen LogP contribution < -0.4 is 0 Å². The molecule has 0 N–H and O–H groups in total. The van der Waals surface area contributed by atoms with Crippen LogP contribution in [-0.4, -0.2) is 52.1 Å². The van der Waals surface area contributed by atoms with Gasteiger partial charge in [0.05, 0.1) is 6.20 Å². The van der Waals surface area contributed by atoms with Crippen LogP contribution in [0.3, 0.4) is 0 Å². The second-order valence-electron chi connectivity index (χ2n) is 6.92. The molecule has 0 aromatic carbocycles. The molecule has 128 valence electrons. The van der Waals surface area contributed by atoms with Crippen molar-refractivity contribution in [3.63, 3.8) is 0 Å². The van der Waals surface area contributed by atoms with E-state index in [0.717, 1.165) is 44.9 Å². The molecule has 1 aromatic rings. The van der Waals surface area contributed by atoms with Crippen LogP contribution in [0.4, 0.5) is 0 Å². The van der Waals surface area contributed by atoms with Crippen LogP contribution >= 0.6 is 0 Å². The minimum absolute atomic E-state index is 0.0270. The van der Waals surface area contributed by atoms with E-state index >= 15 is 0 Å². The smallest absolute Gasteiger partial charge is 0.276 e. The fourth-order valence-electron chi connectivity index (χ4n) is 3.72. The quantitative estimate of drug-likeness (QED) is 0.836. The summed E-state index contributed by atoms with van der Waals surface area (Å²) in [5.41, 5.74) is 0.461. The second kappa shape index (κ2) is 7.90. The molecule has 1 saturated heterocycles. The van der Waals surface area contributed by atoms with Gasteiger partial charge in [-0.3, -0.25) is 9.48 Å². The Kier molecular flexibility index (Phi) is 5.65. The van der Waals surface area contributed by atoms with Gasteiger partial charge in [-0.1, -0.05) is 37.3 Å². The molecule has 0 unspecified atom stereocenters. The summed E-state index contributed by atoms with van der Waals surface area (Å²) in [6, 6.07) is 0.253. The maximum Gasteiger partial charge on any atom is 0.276 e. The number of aryl methyl sites for hydroxylation is 1. The summed E-state index contributed by atoms with van der Waals surface area (Å²) in [6.45, 7) is 2.33. The molecule has 0 atom stereocenters. The lowest BCUT2D eigenvalue weighted by Gasteiger charge is -2.30. The monoisotopic (exact) mass is 320 g/mol. The van der Waals surface area contributed by atoms with E-state index in [1.165, 1.54) is 32.1 Å². The Morgan fingerprint density at radius 3 is 2.74 bits per heavy atom. The summed E-state index contributed by atoms with van der Waals surface area (Å²) >= 11 is 0. The van der Waals surface area contributed by atoms with E-state index in [0.29, 0.717) is 5.69 Å². The molecule has 0 radical (unpaired) electrons. The lowest BCUT2D eigenvalue weighted by atomic mass is 9.87. The standard InChI is InChI=1S/C17H28N4O2/c1-20(15-8-11-23-12-9-15)17(22)16-13-21(19-18-16)10-7-14-5-3-2-4-6-14/h13-15H,2-12H2,1H3. The van der Waals surface area contributed by atoms with E-state index in [1.54, 1.807) is 11.1 Å². The van der Waals surface area contributed by atoms with E-state index in [1.807, 2.05) is 11.7 Å². The predicted molar refractivity (Wildman–Crippen MR) is 87.1 cm³/mol. The van der Waals surface area contributed by atoms with Gasteiger partial charge in [0.25, 0.3) is 5.91 Å². The SMILES string of the molecule is CN(C(=O)c1cn(CCC2CCCCC2)nn1)C1CCOCC1. The fourth-order valence-corrected chi connectivity index (χ4v) is 3.72. The van der Waals surface area contributed by atoms with Gasteiger partial charge in [-0.25, -0.2) is 0 Å². The lowest BCUT2D eigenvalue weighted by Crippen LogP contribution is -2.40. The Labute approximate surface area is 138 Å². The van der Waals surface area contributed by atoms with E-state index < -0.39 is 0 Å². The van der Waals surface area contributed by atoms with Gasteiger partial charge in [-0.15, -0.1) is 5.10 Å². The van der Waals surface area contributed by atoms with Crippen LogP contribution in [-0.2, 0) is 11.3 Å². The molecule has 6 heteroatoms. The molecule has 1 amide bonds. The number of ether oxygens (including phenoxy) is 1. The molecule has 1 aliphatic carbocycles. The third kappa shape index (κ3) is 4.31. The van der Waals surface area contributed by atoms with Gasteiger partial charge in [0, 0.05) is 32.8 Å². The van der Waals surface area contributed by atoms with E-state index in [9.17, 15) is 4.79 Å². The maximum absolute atomic E-state index is 12.5. The molecule has 2 fully saturated rings. The number of rotatable bonds is 5. The van der Waals surface area contributed by atoms with Gasteiger partial charge in [-0.2, -0.15) is 0 Å². The molecule has 6 nitrogen and oxygen atoms in total. The van der Waals surface area contributed by atoms with Crippen LogP contribution in [0.5, 0.6) is 0 Å². The number of nitrogens with zero attached hydrogens (tertiary/aromatic N) is 4. The molecule has 23 heavy (non-hydrogen) atoms. The minimum Gasteiger partial charge on any atom is -0.381 e. The average molecular weight is 320 g/mol. The van der Waals surface area contributed by atoms with Crippen LogP contribution in [0.1, 0.15) is 61.9 Å². The van der Waals surface area contributed by atoms with Crippen LogP contribution in [0.15, 0.2) is 6.20 Å². The van der Waals surface area contributed by atoms with Gasteiger partial charge in [0.2, 0.25) is 0 Å². The summed E-state index contributed by atoms with van der Waals surface area (Å²) in [7, 11) is 1.86. The molecule has 1 aliphatic heterocycles. The number of hydrogen-bond donors (Lipinski definition) is 0. The fraction of sp³-hybridized carbons (Fsp3) is 0.824. The van der Waals surface area contributed by atoms with Crippen molar-refractivity contribution in [2.45, 2.75) is 64.0 Å². The highest BCUT2D eigenvalue weighted by atomic mass is 16.5. The zero-order chi connectivity index (χ0) is 16.1. The highest BCUT2D eigenvalue weighted by Gasteiger charge is 2.25. The second-order valence-corrected chi connectivity index (χ2v) is 6.92. The number of amides is 1. The Balaban J connectivity index is 1.52. The first kappa shape index (κ1) is 16.4. The summed E-state index contributed by atoms with van der Waals surface area (Å²) in [5, 5.41) is 8.23. The molecule has 1 aromatic heterocycles. The maximum atomic E-state index is 12.5. The number of aromatic nitrogens is 3. The van der Waals surface area contributed by atoms with Gasteiger partial charge < -0.3 is 9.64 Å². The van der Waals surface area contributed by atoms with Crippen molar-refractivity contribution in [2.75, 3.05) is 20.3 Å². The summed E-state index contributed by atoms with van der Waals surface area (Å²) in [4.78, 5) is 14.3. The largest absolute Gasteiger partial charge is 0.381 e. The highest BCUT2D eigenvalue weighted by Crippen LogP contribution is 2.26. The van der Waals surface area contributed by atoms with Crippen LogP contribution in [0, 0.1) is 5.92 Å². The molecule has 1 saturated carbocycles. The average Bonchev–Trinajstić information content (AvgIpc) is 3.09. The first-order chi connectivity index (χ1) is 11.2. The molecular weight excluding hydrogens is 292 g/mol. The topological polar surface area (TPSA) is 60.2 Å². The molecule has 0 bridgehead atoms. The van der Waals surface area contributed by atoms with E-state index in [-0.39, 0.29) is 11.9 Å². The Hall–Kier alpha value is -1.43. The predicted octanol–water partition coefficient (Wildman–Crippen LogP) is 2.50. The van der Waals surface area contributed by atoms with Gasteiger partial charge in [0.1, 0.15) is 0 Å². The molecule has 2 aliphatic rings. The molecule has 2 heterocycles. The van der Waals surface area contributed by atoms with Gasteiger partial charge in [0.15, 0.2) is 5.69 Å². The van der Waals surface area contributed by atoms with Crippen molar-refractivity contribution in [3.05, 3.63) is 11.9 Å². The third-order valence-electron chi connectivity index (χ3n) is 5.31. The van der Waals surface area contributed by atoms with Crippen molar-refractivity contribution in [1.82, 2.24) is 19.9 Å². The minimum atomic E-state index is -0.0270. The van der Waals surface area contributed by atoms with Crippen molar-refractivity contribution in [3.8, 4) is 0 Å². The zero-order valence-corrected chi connectivity index (χ0v) is 14.1. The Morgan fingerprint density at radius 2 is 2.00 bits per heavy atom. The third-order valence-corrected chi connectivity index (χ3v) is 5.31. The number of carbonyl (C=O) groups is 1. The normalized spacial score (nSPS) is 20.6. The zero-order valence-electron chi connectivity index (χ0n) is 14.1. The van der Waals surface area contributed by atoms with Crippen LogP contribution in [0.2, 0.25) is 0 Å². The lowest BCUT2D eigenvalue weighted by molar-refractivity contribution is 0.0359. The number of carbonyl (C=O) groups excluding carboxylic acids is 1. The summed E-state index contributed by atoms with van der Waals surface area (Å²) in [5.74, 6) is 0.790. The first-order valence-corrected chi connectivity index (χ1v) is 8.99. The Bertz CT molecular complexity index is 504. The van der Waals surface area contributed by atoms with E-state index in [4.69, 9.17) is 4.74 Å². The highest BCUT2D eigenvalue weighted by molar-refractivity contribution is 5.91. The summed E-state index contributed by atoms with van der Waals surface area (Å²) < 4.78 is 7.19. The van der Waals surface area contributed by atoms with Crippen molar-refractivity contribution in [1.29, 1.82) is 0 Å². The van der Waals surface area contributed by atoms with Crippen molar-refractivity contribution >= 4 is 5.91 Å². The van der Waals surface area contributed by atoms with Gasteiger partial charge in [-0.05, 0) is 25.2 Å². The van der Waals surface area contributed by atoms with Crippen molar-refractivity contribution in [2.24, 2.45) is 5.92 Å². The molecule has 0 spiro atoms. The Morgan fingerprint density at radius 1 is 1.26 bits per heavy atom. The van der Waals surface area contributed by atoms with Crippen molar-refractivity contribution < 1.29 is 9.53 Å². The van der Waals surface area contributed by atoms with Crippen LogP contribution in [0.25, 0.3) is 0 Å². The number of hydrogen-bond acceptors (Lipinski definition) is 4. The molecular formula is C17H28N4O2. The first-order valence-electron chi connectivity index (χ1n) is 8.99. The molecule has 3 rings (SSSR count). The van der Waals surface area contributed by atoms with Gasteiger partial charge >= 0.3 is 0 Å². The van der Waals surface area contributed by atoms with E-state index in [2.05, 4.69) is 10.3 Å².